The summed E-state index contributed by atoms with van der Waals surface area (Å²) in [6.07, 6.45) is 1.69. The number of rotatable bonds is 5. The Morgan fingerprint density at radius 1 is 1.16 bits per heavy atom. The molecule has 25 heavy (non-hydrogen) atoms. The molecular formula is C16H14N4O3S2. The highest BCUT2D eigenvalue weighted by Crippen LogP contribution is 2.34. The van der Waals surface area contributed by atoms with Crippen molar-refractivity contribution < 1.29 is 13.6 Å². The molecular weight excluding hydrogens is 360 g/mol. The smallest absolute Gasteiger partial charge is 0.325 e. The highest BCUT2D eigenvalue weighted by atomic mass is 32.2. The van der Waals surface area contributed by atoms with Gasteiger partial charge in [0, 0.05) is 11.9 Å². The first-order valence-electron chi connectivity index (χ1n) is 7.13. The van der Waals surface area contributed by atoms with Gasteiger partial charge in [-0.15, -0.1) is 0 Å². The van der Waals surface area contributed by atoms with Crippen LogP contribution in [-0.4, -0.2) is 19.8 Å². The molecule has 3 aromatic rings. The van der Waals surface area contributed by atoms with Gasteiger partial charge in [-0.05, 0) is 29.8 Å². The number of nitrogens with zero attached hydrogens (tertiary/aromatic N) is 2. The number of amides is 2. The summed E-state index contributed by atoms with van der Waals surface area (Å²) in [5.74, 6) is 0. The maximum atomic E-state index is 11.9. The summed E-state index contributed by atoms with van der Waals surface area (Å²) in [5.41, 5.74) is 7.47. The summed E-state index contributed by atoms with van der Waals surface area (Å²) >= 11 is -0.820. The van der Waals surface area contributed by atoms with Gasteiger partial charge in [0.25, 0.3) is 11.3 Å². The van der Waals surface area contributed by atoms with Crippen molar-refractivity contribution in [2.45, 2.75) is 0 Å². The van der Waals surface area contributed by atoms with Gasteiger partial charge in [-0.25, -0.2) is 18.9 Å². The maximum Gasteiger partial charge on any atom is 0.325 e. The third-order valence-electron chi connectivity index (χ3n) is 3.29. The number of nitrogens with two attached hydrogens (primary N) is 1. The van der Waals surface area contributed by atoms with Crippen LogP contribution in [0.25, 0.3) is 10.4 Å². The standard InChI is InChI=1S/C16H14N4O3S2/c17-15(21)20(13-8-6-12(7-9-13)19-25(22)23)16-18-10-14(24-16)11-4-2-1-3-5-11/h1-10,19H,(H2,17,21)(H,22,23). The quantitative estimate of drug-likeness (QED) is 0.593. The molecule has 0 fully saturated rings. The second-order valence-corrected chi connectivity index (χ2v) is 6.66. The van der Waals surface area contributed by atoms with Crippen LogP contribution in [0.4, 0.5) is 21.3 Å². The number of nitrogens with one attached hydrogen (secondary N) is 1. The van der Waals surface area contributed by atoms with E-state index in [1.165, 1.54) is 16.2 Å². The second kappa shape index (κ2) is 7.43. The lowest BCUT2D eigenvalue weighted by molar-refractivity contribution is 0.256. The third kappa shape index (κ3) is 4.02. The number of hydrogen-bond donors (Lipinski definition) is 3. The number of benzene rings is 2. The zero-order valence-electron chi connectivity index (χ0n) is 12.8. The van der Waals surface area contributed by atoms with Gasteiger partial charge in [-0.2, -0.15) is 0 Å². The van der Waals surface area contributed by atoms with Gasteiger partial charge in [0.15, 0.2) is 5.13 Å². The Balaban J connectivity index is 1.90. The van der Waals surface area contributed by atoms with Crippen LogP contribution < -0.4 is 15.4 Å². The van der Waals surface area contributed by atoms with Gasteiger partial charge >= 0.3 is 6.03 Å². The SMILES string of the molecule is NC(=O)N(c1ccc(NS(=O)O)cc1)c1ncc(-c2ccccc2)s1. The molecule has 0 radical (unpaired) electrons. The fourth-order valence-electron chi connectivity index (χ4n) is 2.22. The molecule has 0 saturated carbocycles. The number of carbonyl (C=O) groups is 1. The molecule has 0 aliphatic rings. The molecule has 1 heterocycles. The van der Waals surface area contributed by atoms with Crippen LogP contribution >= 0.6 is 11.3 Å². The van der Waals surface area contributed by atoms with E-state index in [1.54, 1.807) is 30.5 Å². The van der Waals surface area contributed by atoms with Crippen molar-refractivity contribution in [2.24, 2.45) is 5.73 Å². The number of carbonyl (C=O) groups excluding carboxylic acids is 1. The summed E-state index contributed by atoms with van der Waals surface area (Å²) < 4.78 is 21.9. The average Bonchev–Trinajstić information content (AvgIpc) is 3.06. The third-order valence-corrected chi connectivity index (χ3v) is 4.74. The van der Waals surface area contributed by atoms with Gasteiger partial charge in [-0.3, -0.25) is 9.27 Å². The van der Waals surface area contributed by atoms with Crippen LogP contribution in [0.1, 0.15) is 0 Å². The maximum absolute atomic E-state index is 11.9. The number of hydrogen-bond acceptors (Lipinski definition) is 4. The van der Waals surface area contributed by atoms with Gasteiger partial charge in [-0.1, -0.05) is 41.7 Å². The molecule has 2 aromatic carbocycles. The zero-order chi connectivity index (χ0) is 17.8. The van der Waals surface area contributed by atoms with Crippen LogP contribution in [-0.2, 0) is 11.3 Å². The first kappa shape index (κ1) is 17.1. The normalized spacial score (nSPS) is 11.7. The number of thiazole rings is 1. The lowest BCUT2D eigenvalue weighted by atomic mass is 10.2. The van der Waals surface area contributed by atoms with Crippen molar-refractivity contribution >= 4 is 45.1 Å². The van der Waals surface area contributed by atoms with Crippen molar-refractivity contribution in [3.05, 3.63) is 60.8 Å². The highest BCUT2D eigenvalue weighted by Gasteiger charge is 2.19. The first-order valence-corrected chi connectivity index (χ1v) is 9.05. The molecule has 0 bridgehead atoms. The molecule has 0 saturated heterocycles. The van der Waals surface area contributed by atoms with Gasteiger partial charge < -0.3 is 5.73 Å². The Labute approximate surface area is 150 Å². The summed E-state index contributed by atoms with van der Waals surface area (Å²) in [6.45, 7) is 0. The Morgan fingerprint density at radius 3 is 2.44 bits per heavy atom. The molecule has 1 atom stereocenters. The summed E-state index contributed by atoms with van der Waals surface area (Å²) in [6, 6.07) is 15.4. The predicted molar refractivity (Wildman–Crippen MR) is 100 cm³/mol. The fourth-order valence-corrected chi connectivity index (χ4v) is 3.50. The van der Waals surface area contributed by atoms with E-state index in [4.69, 9.17) is 10.3 Å². The number of primary amides is 1. The van der Waals surface area contributed by atoms with Crippen LogP contribution in [0.2, 0.25) is 0 Å². The minimum atomic E-state index is -2.16. The van der Waals surface area contributed by atoms with Crippen LogP contribution in [0.15, 0.2) is 60.8 Å². The van der Waals surface area contributed by atoms with E-state index < -0.39 is 17.3 Å². The molecule has 128 valence electrons. The molecule has 0 spiro atoms. The fraction of sp³-hybridized carbons (Fsp3) is 0. The summed E-state index contributed by atoms with van der Waals surface area (Å²) in [7, 11) is 0. The van der Waals surface area contributed by atoms with Gasteiger partial charge in [0.2, 0.25) is 0 Å². The van der Waals surface area contributed by atoms with Crippen molar-refractivity contribution in [1.82, 2.24) is 4.98 Å². The van der Waals surface area contributed by atoms with E-state index in [9.17, 15) is 9.00 Å². The second-order valence-electron chi connectivity index (χ2n) is 4.94. The van der Waals surface area contributed by atoms with Gasteiger partial charge in [0.05, 0.1) is 10.6 Å². The van der Waals surface area contributed by atoms with E-state index >= 15 is 0 Å². The van der Waals surface area contributed by atoms with E-state index in [1.807, 2.05) is 30.3 Å². The van der Waals surface area contributed by atoms with Crippen molar-refractivity contribution in [3.63, 3.8) is 0 Å². The Bertz CT molecular complexity index is 897. The molecule has 0 aliphatic carbocycles. The highest BCUT2D eigenvalue weighted by molar-refractivity contribution is 7.80. The monoisotopic (exact) mass is 374 g/mol. The van der Waals surface area contributed by atoms with E-state index in [2.05, 4.69) is 9.71 Å². The average molecular weight is 374 g/mol. The number of aromatic nitrogens is 1. The lowest BCUT2D eigenvalue weighted by Crippen LogP contribution is -2.31. The lowest BCUT2D eigenvalue weighted by Gasteiger charge is -2.17. The minimum Gasteiger partial charge on any atom is -0.351 e. The molecule has 2 amide bonds. The number of urea groups is 1. The molecule has 7 nitrogen and oxygen atoms in total. The Hall–Kier alpha value is -2.75. The molecule has 4 N–H and O–H groups in total. The molecule has 1 unspecified atom stereocenters. The van der Waals surface area contributed by atoms with E-state index in [0.717, 1.165) is 10.4 Å². The summed E-state index contributed by atoms with van der Waals surface area (Å²) in [5, 5.41) is 0.442. The first-order chi connectivity index (χ1) is 12.0. The minimum absolute atomic E-state index is 0.442. The zero-order valence-corrected chi connectivity index (χ0v) is 14.5. The molecule has 1 aromatic heterocycles. The molecule has 0 aliphatic heterocycles. The van der Waals surface area contributed by atoms with Crippen molar-refractivity contribution in [2.75, 3.05) is 9.62 Å². The molecule has 9 heteroatoms. The van der Waals surface area contributed by atoms with Crippen LogP contribution in [0.3, 0.4) is 0 Å². The largest absolute Gasteiger partial charge is 0.351 e. The van der Waals surface area contributed by atoms with Crippen LogP contribution in [0, 0.1) is 0 Å². The number of anilines is 3. The topological polar surface area (TPSA) is 109 Å². The van der Waals surface area contributed by atoms with Crippen molar-refractivity contribution in [3.8, 4) is 10.4 Å². The van der Waals surface area contributed by atoms with E-state index in [0.29, 0.717) is 16.5 Å². The molecule has 3 rings (SSSR count). The predicted octanol–water partition coefficient (Wildman–Crippen LogP) is 3.58. The summed E-state index contributed by atoms with van der Waals surface area (Å²) in [4.78, 5) is 18.4. The van der Waals surface area contributed by atoms with Gasteiger partial charge in [0.1, 0.15) is 0 Å². The van der Waals surface area contributed by atoms with Crippen LogP contribution in [0.5, 0.6) is 0 Å². The van der Waals surface area contributed by atoms with Crippen molar-refractivity contribution in [1.29, 1.82) is 0 Å². The Morgan fingerprint density at radius 2 is 1.84 bits per heavy atom. The Kier molecular flexibility index (Phi) is 5.08. The van der Waals surface area contributed by atoms with E-state index in [-0.39, 0.29) is 0 Å².